The Balaban J connectivity index is 0.00000225. The van der Waals surface area contributed by atoms with E-state index < -0.39 is 17.5 Å². The molecule has 4 N–H and O–H groups in total. The quantitative estimate of drug-likeness (QED) is 0.581. The molecule has 0 radical (unpaired) electrons. The summed E-state index contributed by atoms with van der Waals surface area (Å²) in [5.41, 5.74) is 0.0812. The van der Waals surface area contributed by atoms with Gasteiger partial charge in [0.1, 0.15) is 5.54 Å². The molecule has 0 saturated carbocycles. The summed E-state index contributed by atoms with van der Waals surface area (Å²) in [6.07, 6.45) is 2.14. The Kier molecular flexibility index (Phi) is 6.02. The fraction of sp³-hybridized carbons (Fsp3) is 0.471. The van der Waals surface area contributed by atoms with E-state index in [2.05, 4.69) is 21.3 Å². The summed E-state index contributed by atoms with van der Waals surface area (Å²) in [5.74, 6) is 0.115. The molecule has 2 heterocycles. The molecule has 0 spiro atoms. The fourth-order valence-electron chi connectivity index (χ4n) is 3.15. The molecule has 2 aliphatic heterocycles. The van der Waals surface area contributed by atoms with Gasteiger partial charge in [0, 0.05) is 12.1 Å². The minimum Gasteiger partial charge on any atom is -0.352 e. The molecule has 1 aromatic carbocycles. The number of amides is 4. The molecule has 2 atom stereocenters. The number of nitrogens with one attached hydrogen (secondary N) is 4. The first-order valence-electron chi connectivity index (χ1n) is 8.22. The molecule has 2 saturated heterocycles. The lowest BCUT2D eigenvalue weighted by atomic mass is 9.91. The molecular weight excluding hydrogens is 344 g/mol. The van der Waals surface area contributed by atoms with Crippen molar-refractivity contribution in [2.75, 3.05) is 19.6 Å². The van der Waals surface area contributed by atoms with Crippen LogP contribution in [0.1, 0.15) is 35.7 Å². The maximum absolute atomic E-state index is 12.2. The van der Waals surface area contributed by atoms with Gasteiger partial charge >= 0.3 is 6.03 Å². The smallest absolute Gasteiger partial charge is 0.322 e. The van der Waals surface area contributed by atoms with Crippen LogP contribution in [0.4, 0.5) is 4.79 Å². The first-order chi connectivity index (χ1) is 11.5. The molecule has 3 rings (SSSR count). The zero-order chi connectivity index (χ0) is 17.2. The van der Waals surface area contributed by atoms with E-state index >= 15 is 0 Å². The van der Waals surface area contributed by atoms with Crippen molar-refractivity contribution in [1.29, 1.82) is 0 Å². The van der Waals surface area contributed by atoms with Gasteiger partial charge in [-0.15, -0.1) is 12.4 Å². The van der Waals surface area contributed by atoms with Crippen molar-refractivity contribution in [1.82, 2.24) is 21.3 Å². The number of imide groups is 1. The monoisotopic (exact) mass is 366 g/mol. The van der Waals surface area contributed by atoms with Gasteiger partial charge in [0.2, 0.25) is 0 Å². The van der Waals surface area contributed by atoms with Gasteiger partial charge in [-0.25, -0.2) is 4.79 Å². The number of carbonyl (C=O) groups excluding carboxylic acids is 3. The minimum atomic E-state index is -1.10. The van der Waals surface area contributed by atoms with Gasteiger partial charge in [-0.2, -0.15) is 0 Å². The van der Waals surface area contributed by atoms with Gasteiger partial charge in [0.05, 0.1) is 0 Å². The molecule has 7 nitrogen and oxygen atoms in total. The van der Waals surface area contributed by atoms with E-state index in [0.29, 0.717) is 23.6 Å². The molecule has 136 valence electrons. The van der Waals surface area contributed by atoms with Crippen LogP contribution in [0.3, 0.4) is 0 Å². The number of carbonyl (C=O) groups is 3. The third-order valence-electron chi connectivity index (χ3n) is 4.77. The van der Waals surface area contributed by atoms with Crippen molar-refractivity contribution in [3.8, 4) is 0 Å². The third-order valence-corrected chi connectivity index (χ3v) is 4.77. The lowest BCUT2D eigenvalue weighted by molar-refractivity contribution is -0.123. The Bertz CT molecular complexity index is 658. The molecule has 4 amide bonds. The largest absolute Gasteiger partial charge is 0.352 e. The van der Waals surface area contributed by atoms with Crippen molar-refractivity contribution in [3.63, 3.8) is 0 Å². The number of halogens is 1. The van der Waals surface area contributed by atoms with Crippen molar-refractivity contribution in [2.24, 2.45) is 5.92 Å². The Morgan fingerprint density at radius 1 is 1.28 bits per heavy atom. The summed E-state index contributed by atoms with van der Waals surface area (Å²) < 4.78 is 0. The van der Waals surface area contributed by atoms with Gasteiger partial charge in [-0.05, 0) is 56.5 Å². The summed E-state index contributed by atoms with van der Waals surface area (Å²) in [6.45, 7) is 4.38. The summed E-state index contributed by atoms with van der Waals surface area (Å²) in [5, 5.41) is 11.1. The Hall–Kier alpha value is -2.12. The molecule has 2 fully saturated rings. The third kappa shape index (κ3) is 4.11. The van der Waals surface area contributed by atoms with Crippen LogP contribution in [0.5, 0.6) is 0 Å². The average Bonchev–Trinajstić information content (AvgIpc) is 3.16. The Morgan fingerprint density at radius 3 is 2.56 bits per heavy atom. The molecule has 2 aliphatic rings. The van der Waals surface area contributed by atoms with E-state index in [9.17, 15) is 14.4 Å². The second kappa shape index (κ2) is 7.84. The summed E-state index contributed by atoms with van der Waals surface area (Å²) in [6, 6.07) is 6.23. The summed E-state index contributed by atoms with van der Waals surface area (Å²) >= 11 is 0. The highest BCUT2D eigenvalue weighted by Crippen LogP contribution is 2.24. The van der Waals surface area contributed by atoms with E-state index in [-0.39, 0.29) is 18.3 Å². The minimum absolute atomic E-state index is 0. The normalized spacial score (nSPS) is 25.1. The van der Waals surface area contributed by atoms with Crippen molar-refractivity contribution in [3.05, 3.63) is 35.4 Å². The van der Waals surface area contributed by atoms with Crippen LogP contribution < -0.4 is 21.3 Å². The molecule has 0 aromatic heterocycles. The van der Waals surface area contributed by atoms with E-state index in [1.165, 1.54) is 0 Å². The van der Waals surface area contributed by atoms with Crippen LogP contribution in [0, 0.1) is 5.92 Å². The van der Waals surface area contributed by atoms with Gasteiger partial charge in [-0.1, -0.05) is 12.1 Å². The molecule has 0 bridgehead atoms. The molecule has 1 aromatic rings. The highest BCUT2D eigenvalue weighted by Gasteiger charge is 2.43. The van der Waals surface area contributed by atoms with E-state index in [1.807, 2.05) is 0 Å². The van der Waals surface area contributed by atoms with Crippen molar-refractivity contribution >= 4 is 30.3 Å². The standard InChI is InChI=1S/C17H22N4O3.ClH/c1-17(15(23)20-16(24)21-17)13-4-2-12(3-5-13)14(22)19-9-7-11-6-8-18-10-11;/h2-5,11,18H,6-10H2,1H3,(H,19,22)(H2,20,21,23,24);1H. The first-order valence-corrected chi connectivity index (χ1v) is 8.22. The highest BCUT2D eigenvalue weighted by atomic mass is 35.5. The predicted octanol–water partition coefficient (Wildman–Crippen LogP) is 0.892. The molecule has 25 heavy (non-hydrogen) atoms. The second-order valence-electron chi connectivity index (χ2n) is 6.51. The number of benzene rings is 1. The van der Waals surface area contributed by atoms with Crippen molar-refractivity contribution < 1.29 is 14.4 Å². The van der Waals surface area contributed by atoms with E-state index in [1.54, 1.807) is 31.2 Å². The average molecular weight is 367 g/mol. The molecular formula is C17H23ClN4O3. The maximum atomic E-state index is 12.2. The second-order valence-corrected chi connectivity index (χ2v) is 6.51. The zero-order valence-electron chi connectivity index (χ0n) is 14.1. The SMILES string of the molecule is CC1(c2ccc(C(=O)NCCC3CCNC3)cc2)NC(=O)NC1=O.Cl. The maximum Gasteiger partial charge on any atom is 0.322 e. The van der Waals surface area contributed by atoms with E-state index in [4.69, 9.17) is 0 Å². The van der Waals surface area contributed by atoms with Crippen LogP contribution in [-0.2, 0) is 10.3 Å². The number of rotatable bonds is 5. The van der Waals surface area contributed by atoms with Crippen LogP contribution >= 0.6 is 12.4 Å². The van der Waals surface area contributed by atoms with Crippen LogP contribution in [0.25, 0.3) is 0 Å². The first kappa shape index (κ1) is 19.2. The van der Waals surface area contributed by atoms with E-state index in [0.717, 1.165) is 25.9 Å². The zero-order valence-corrected chi connectivity index (χ0v) is 14.9. The molecule has 0 aliphatic carbocycles. The van der Waals surface area contributed by atoms with Gasteiger partial charge < -0.3 is 16.0 Å². The van der Waals surface area contributed by atoms with Crippen LogP contribution in [-0.4, -0.2) is 37.5 Å². The van der Waals surface area contributed by atoms with Crippen molar-refractivity contribution in [2.45, 2.75) is 25.3 Å². The van der Waals surface area contributed by atoms with Gasteiger partial charge in [0.15, 0.2) is 0 Å². The lowest BCUT2D eigenvalue weighted by Gasteiger charge is -2.21. The molecule has 2 unspecified atom stereocenters. The number of hydrogen-bond donors (Lipinski definition) is 4. The van der Waals surface area contributed by atoms with Gasteiger partial charge in [0.25, 0.3) is 11.8 Å². The van der Waals surface area contributed by atoms with Crippen LogP contribution in [0.2, 0.25) is 0 Å². The van der Waals surface area contributed by atoms with Crippen LogP contribution in [0.15, 0.2) is 24.3 Å². The highest BCUT2D eigenvalue weighted by molar-refractivity contribution is 6.07. The number of urea groups is 1. The number of hydrogen-bond acceptors (Lipinski definition) is 4. The summed E-state index contributed by atoms with van der Waals surface area (Å²) in [4.78, 5) is 35.4. The predicted molar refractivity (Wildman–Crippen MR) is 95.6 cm³/mol. The molecule has 8 heteroatoms. The summed E-state index contributed by atoms with van der Waals surface area (Å²) in [7, 11) is 0. The van der Waals surface area contributed by atoms with Gasteiger partial charge in [-0.3, -0.25) is 14.9 Å². The Morgan fingerprint density at radius 2 is 2.00 bits per heavy atom. The topological polar surface area (TPSA) is 99.3 Å². The lowest BCUT2D eigenvalue weighted by Crippen LogP contribution is -2.40. The Labute approximate surface area is 152 Å². The fourth-order valence-corrected chi connectivity index (χ4v) is 3.15.